The molecule has 0 bridgehead atoms. The average Bonchev–Trinajstić information content (AvgIpc) is 2.61. The number of sulfonamides is 1. The summed E-state index contributed by atoms with van der Waals surface area (Å²) in [5.74, 6) is -0.103. The standard InChI is InChI=1S/C16H21Cl2N3O3S/c1-3-6-19-16(22)12(2)20-7-9-21(10-8-20)25(23,24)15-11-13(17)4-5-14(15)18/h3-5,11-12H,1,6-10H2,2H3,(H,19,22)/t12-/m1/s1. The Kier molecular flexibility index (Phi) is 6.87. The van der Waals surface area contributed by atoms with Gasteiger partial charge in [0, 0.05) is 37.7 Å². The Bertz CT molecular complexity index is 747. The number of carbonyl (C=O) groups excluding carboxylic acids is 1. The molecular formula is C16H21Cl2N3O3S. The summed E-state index contributed by atoms with van der Waals surface area (Å²) in [5.41, 5.74) is 0. The van der Waals surface area contributed by atoms with E-state index < -0.39 is 10.0 Å². The van der Waals surface area contributed by atoms with E-state index >= 15 is 0 Å². The molecule has 0 aliphatic carbocycles. The normalized spacial score (nSPS) is 17.9. The molecule has 1 aliphatic heterocycles. The molecule has 1 aliphatic rings. The highest BCUT2D eigenvalue weighted by Crippen LogP contribution is 2.28. The van der Waals surface area contributed by atoms with Crippen LogP contribution in [0, 0.1) is 0 Å². The molecule has 1 aromatic rings. The van der Waals surface area contributed by atoms with Gasteiger partial charge in [-0.05, 0) is 25.1 Å². The van der Waals surface area contributed by atoms with Crippen molar-refractivity contribution in [2.75, 3.05) is 32.7 Å². The van der Waals surface area contributed by atoms with Gasteiger partial charge in [0.2, 0.25) is 15.9 Å². The lowest BCUT2D eigenvalue weighted by Crippen LogP contribution is -2.54. The minimum Gasteiger partial charge on any atom is -0.351 e. The van der Waals surface area contributed by atoms with Crippen LogP contribution in [0.15, 0.2) is 35.7 Å². The van der Waals surface area contributed by atoms with Crippen LogP contribution in [0.25, 0.3) is 0 Å². The first kappa shape index (κ1) is 20.2. The van der Waals surface area contributed by atoms with Gasteiger partial charge >= 0.3 is 0 Å². The Morgan fingerprint density at radius 1 is 1.32 bits per heavy atom. The van der Waals surface area contributed by atoms with Crippen LogP contribution < -0.4 is 5.32 Å². The van der Waals surface area contributed by atoms with Crippen molar-refractivity contribution in [1.29, 1.82) is 0 Å². The molecule has 1 N–H and O–H groups in total. The second-order valence-electron chi connectivity index (χ2n) is 5.72. The van der Waals surface area contributed by atoms with Gasteiger partial charge in [-0.1, -0.05) is 29.3 Å². The highest BCUT2D eigenvalue weighted by molar-refractivity contribution is 7.89. The zero-order chi connectivity index (χ0) is 18.6. The fraction of sp³-hybridized carbons (Fsp3) is 0.438. The molecule has 1 atom stereocenters. The number of benzene rings is 1. The second kappa shape index (κ2) is 8.51. The smallest absolute Gasteiger partial charge is 0.244 e. The van der Waals surface area contributed by atoms with Gasteiger partial charge in [0.1, 0.15) is 4.90 Å². The lowest BCUT2D eigenvalue weighted by atomic mass is 10.2. The van der Waals surface area contributed by atoms with E-state index in [1.54, 1.807) is 19.1 Å². The molecule has 0 aromatic heterocycles. The molecule has 0 saturated carbocycles. The van der Waals surface area contributed by atoms with Gasteiger partial charge in [-0.3, -0.25) is 9.69 Å². The molecule has 2 rings (SSSR count). The van der Waals surface area contributed by atoms with E-state index in [1.807, 2.05) is 4.90 Å². The Morgan fingerprint density at radius 2 is 1.96 bits per heavy atom. The summed E-state index contributed by atoms with van der Waals surface area (Å²) >= 11 is 11.9. The van der Waals surface area contributed by atoms with Crippen molar-refractivity contribution in [3.8, 4) is 0 Å². The van der Waals surface area contributed by atoms with E-state index in [1.165, 1.54) is 16.4 Å². The number of rotatable bonds is 6. The summed E-state index contributed by atoms with van der Waals surface area (Å²) in [6.45, 7) is 7.25. The summed E-state index contributed by atoms with van der Waals surface area (Å²) in [6.07, 6.45) is 1.61. The number of piperazine rings is 1. The number of nitrogens with one attached hydrogen (secondary N) is 1. The molecule has 0 spiro atoms. The predicted molar refractivity (Wildman–Crippen MR) is 99.5 cm³/mol. The topological polar surface area (TPSA) is 69.7 Å². The van der Waals surface area contributed by atoms with Crippen LogP contribution in [0.3, 0.4) is 0 Å². The van der Waals surface area contributed by atoms with E-state index in [-0.39, 0.29) is 35.0 Å². The fourth-order valence-corrected chi connectivity index (χ4v) is 4.79. The molecular weight excluding hydrogens is 385 g/mol. The SMILES string of the molecule is C=CCNC(=O)[C@@H](C)N1CCN(S(=O)(=O)c2cc(Cl)ccc2Cl)CC1. The van der Waals surface area contributed by atoms with Crippen molar-refractivity contribution in [1.82, 2.24) is 14.5 Å². The second-order valence-corrected chi connectivity index (χ2v) is 8.47. The molecule has 1 amide bonds. The minimum absolute atomic E-state index is 0.00638. The molecule has 9 heteroatoms. The molecule has 138 valence electrons. The third-order valence-corrected chi connectivity index (χ3v) is 6.75. The zero-order valence-electron chi connectivity index (χ0n) is 13.9. The largest absolute Gasteiger partial charge is 0.351 e. The summed E-state index contributed by atoms with van der Waals surface area (Å²) in [6, 6.07) is 4.04. The number of hydrogen-bond donors (Lipinski definition) is 1. The lowest BCUT2D eigenvalue weighted by molar-refractivity contribution is -0.126. The number of hydrogen-bond acceptors (Lipinski definition) is 4. The fourth-order valence-electron chi connectivity index (χ4n) is 2.63. The van der Waals surface area contributed by atoms with Gasteiger partial charge < -0.3 is 5.32 Å². The molecule has 25 heavy (non-hydrogen) atoms. The molecule has 1 aromatic carbocycles. The number of amides is 1. The Morgan fingerprint density at radius 3 is 2.56 bits per heavy atom. The molecule has 0 unspecified atom stereocenters. The van der Waals surface area contributed by atoms with Crippen molar-refractivity contribution in [3.63, 3.8) is 0 Å². The van der Waals surface area contributed by atoms with E-state index in [0.29, 0.717) is 24.7 Å². The first-order valence-electron chi connectivity index (χ1n) is 7.85. The maximum Gasteiger partial charge on any atom is 0.244 e. The van der Waals surface area contributed by atoms with Crippen LogP contribution in [-0.2, 0) is 14.8 Å². The van der Waals surface area contributed by atoms with Crippen molar-refractivity contribution >= 4 is 39.1 Å². The van der Waals surface area contributed by atoms with Crippen LogP contribution in [-0.4, -0.2) is 62.3 Å². The lowest BCUT2D eigenvalue weighted by Gasteiger charge is -2.36. The van der Waals surface area contributed by atoms with Gasteiger partial charge in [-0.15, -0.1) is 6.58 Å². The molecule has 1 fully saturated rings. The highest BCUT2D eigenvalue weighted by atomic mass is 35.5. The van der Waals surface area contributed by atoms with Gasteiger partial charge in [-0.2, -0.15) is 4.31 Å². The number of carbonyl (C=O) groups is 1. The van der Waals surface area contributed by atoms with Gasteiger partial charge in [-0.25, -0.2) is 8.42 Å². The Labute approximate surface area is 158 Å². The average molecular weight is 406 g/mol. The maximum atomic E-state index is 12.8. The van der Waals surface area contributed by atoms with Crippen LogP contribution in [0.2, 0.25) is 10.0 Å². The Hall–Kier alpha value is -1.12. The predicted octanol–water partition coefficient (Wildman–Crippen LogP) is 1.99. The highest BCUT2D eigenvalue weighted by Gasteiger charge is 2.32. The number of halogens is 2. The van der Waals surface area contributed by atoms with E-state index in [2.05, 4.69) is 11.9 Å². The van der Waals surface area contributed by atoms with E-state index in [4.69, 9.17) is 23.2 Å². The van der Waals surface area contributed by atoms with Crippen LogP contribution >= 0.6 is 23.2 Å². The number of nitrogens with zero attached hydrogens (tertiary/aromatic N) is 2. The van der Waals surface area contributed by atoms with Crippen LogP contribution in [0.5, 0.6) is 0 Å². The van der Waals surface area contributed by atoms with Crippen molar-refractivity contribution in [2.45, 2.75) is 17.9 Å². The van der Waals surface area contributed by atoms with Crippen LogP contribution in [0.4, 0.5) is 0 Å². The summed E-state index contributed by atoms with van der Waals surface area (Å²) in [7, 11) is -3.72. The zero-order valence-corrected chi connectivity index (χ0v) is 16.2. The third kappa shape index (κ3) is 4.74. The van der Waals surface area contributed by atoms with Crippen molar-refractivity contribution in [2.24, 2.45) is 0 Å². The summed E-state index contributed by atoms with van der Waals surface area (Å²) in [4.78, 5) is 14.0. The van der Waals surface area contributed by atoms with Crippen molar-refractivity contribution < 1.29 is 13.2 Å². The maximum absolute atomic E-state index is 12.8. The van der Waals surface area contributed by atoms with E-state index in [9.17, 15) is 13.2 Å². The quantitative estimate of drug-likeness (QED) is 0.734. The Balaban J connectivity index is 2.05. The molecule has 0 radical (unpaired) electrons. The van der Waals surface area contributed by atoms with Gasteiger partial charge in [0.15, 0.2) is 0 Å². The first-order chi connectivity index (χ1) is 11.8. The third-order valence-electron chi connectivity index (χ3n) is 4.13. The van der Waals surface area contributed by atoms with Crippen LogP contribution in [0.1, 0.15) is 6.92 Å². The molecule has 1 saturated heterocycles. The van der Waals surface area contributed by atoms with E-state index in [0.717, 1.165) is 0 Å². The first-order valence-corrected chi connectivity index (χ1v) is 10.0. The van der Waals surface area contributed by atoms with Gasteiger partial charge in [0.25, 0.3) is 0 Å². The van der Waals surface area contributed by atoms with Crippen molar-refractivity contribution in [3.05, 3.63) is 40.9 Å². The minimum atomic E-state index is -3.72. The molecule has 1 heterocycles. The monoisotopic (exact) mass is 405 g/mol. The molecule has 6 nitrogen and oxygen atoms in total. The summed E-state index contributed by atoms with van der Waals surface area (Å²) in [5, 5.41) is 3.20. The van der Waals surface area contributed by atoms with Gasteiger partial charge in [0.05, 0.1) is 11.1 Å². The summed E-state index contributed by atoms with van der Waals surface area (Å²) < 4.78 is 26.9.